The van der Waals surface area contributed by atoms with Crippen LogP contribution in [0.4, 0.5) is 11.4 Å². The minimum Gasteiger partial charge on any atom is -0.493 e. The molecule has 0 aliphatic carbocycles. The largest absolute Gasteiger partial charge is 0.493 e. The molecule has 4 rings (SSSR count). The maximum Gasteiger partial charge on any atom is 0.270 e. The summed E-state index contributed by atoms with van der Waals surface area (Å²) in [7, 11) is 1.53. The van der Waals surface area contributed by atoms with E-state index in [1.165, 1.54) is 18.9 Å². The summed E-state index contributed by atoms with van der Waals surface area (Å²) in [6.07, 6.45) is 1.78. The van der Waals surface area contributed by atoms with Gasteiger partial charge in [0.1, 0.15) is 0 Å². The fourth-order valence-corrected chi connectivity index (χ4v) is 5.06. The Bertz CT molecular complexity index is 1430. The minimum atomic E-state index is -0.274. The molecule has 1 fully saturated rings. The van der Waals surface area contributed by atoms with Gasteiger partial charge in [0.25, 0.3) is 11.8 Å². The van der Waals surface area contributed by atoms with Gasteiger partial charge in [-0.25, -0.2) is 0 Å². The van der Waals surface area contributed by atoms with Gasteiger partial charge in [0.2, 0.25) is 0 Å². The molecule has 190 valence electrons. The average Bonchev–Trinajstić information content (AvgIpc) is 3.14. The molecule has 0 atom stereocenters. The van der Waals surface area contributed by atoms with Crippen molar-refractivity contribution < 1.29 is 19.1 Å². The maximum atomic E-state index is 13.2. The van der Waals surface area contributed by atoms with E-state index in [-0.39, 0.29) is 18.4 Å². The predicted octanol–water partition coefficient (Wildman–Crippen LogP) is 6.35. The minimum absolute atomic E-state index is 0.166. The summed E-state index contributed by atoms with van der Waals surface area (Å²) in [6, 6.07) is 16.9. The van der Waals surface area contributed by atoms with Crippen molar-refractivity contribution in [2.24, 2.45) is 0 Å². The van der Waals surface area contributed by atoms with Gasteiger partial charge >= 0.3 is 0 Å². The molecule has 0 bridgehead atoms. The Labute approximate surface area is 226 Å². The molecular formula is C29H28N2O4S2. The number of nitrogens with zero attached hydrogens (tertiary/aromatic N) is 1. The Kier molecular flexibility index (Phi) is 8.00. The van der Waals surface area contributed by atoms with Crippen LogP contribution in [0.3, 0.4) is 0 Å². The van der Waals surface area contributed by atoms with E-state index in [9.17, 15) is 9.59 Å². The van der Waals surface area contributed by atoms with E-state index in [0.717, 1.165) is 39.2 Å². The van der Waals surface area contributed by atoms with Crippen molar-refractivity contribution in [3.8, 4) is 11.5 Å². The molecule has 1 heterocycles. The fraction of sp³-hybridized carbons (Fsp3) is 0.207. The molecule has 6 nitrogen and oxygen atoms in total. The van der Waals surface area contributed by atoms with Crippen LogP contribution in [-0.4, -0.2) is 29.9 Å². The first-order valence-corrected chi connectivity index (χ1v) is 12.9. The lowest BCUT2D eigenvalue weighted by atomic mass is 10.1. The van der Waals surface area contributed by atoms with Crippen LogP contribution in [0.2, 0.25) is 0 Å². The summed E-state index contributed by atoms with van der Waals surface area (Å²) in [4.78, 5) is 27.6. The SMILES string of the molecule is COc1cc(/C=C2/SC(=S)N(c3ccc(C)c(C)c3)C2=O)ccc1OCC(=O)Nc1ccc(C)c(C)c1. The van der Waals surface area contributed by atoms with Crippen molar-refractivity contribution >= 4 is 57.6 Å². The molecule has 1 aliphatic heterocycles. The van der Waals surface area contributed by atoms with Crippen LogP contribution in [0.15, 0.2) is 59.5 Å². The molecule has 0 unspecified atom stereocenters. The molecule has 0 spiro atoms. The normalized spacial score (nSPS) is 14.3. The Morgan fingerprint density at radius 3 is 2.32 bits per heavy atom. The highest BCUT2D eigenvalue weighted by Crippen LogP contribution is 2.37. The monoisotopic (exact) mass is 532 g/mol. The number of thiocarbonyl (C=S) groups is 1. The smallest absolute Gasteiger partial charge is 0.270 e. The molecule has 1 aliphatic rings. The van der Waals surface area contributed by atoms with Crippen LogP contribution in [0.5, 0.6) is 11.5 Å². The number of amides is 2. The molecule has 8 heteroatoms. The first-order valence-electron chi connectivity index (χ1n) is 11.7. The lowest BCUT2D eigenvalue weighted by molar-refractivity contribution is -0.118. The number of carbonyl (C=O) groups is 2. The summed E-state index contributed by atoms with van der Waals surface area (Å²) < 4.78 is 11.7. The zero-order chi connectivity index (χ0) is 26.7. The molecule has 3 aromatic rings. The van der Waals surface area contributed by atoms with Gasteiger partial charge < -0.3 is 14.8 Å². The number of benzene rings is 3. The van der Waals surface area contributed by atoms with Crippen LogP contribution >= 0.6 is 24.0 Å². The van der Waals surface area contributed by atoms with Crippen molar-refractivity contribution in [2.45, 2.75) is 27.7 Å². The van der Waals surface area contributed by atoms with Crippen LogP contribution in [-0.2, 0) is 9.59 Å². The average molecular weight is 533 g/mol. The number of rotatable bonds is 7. The van der Waals surface area contributed by atoms with Crippen LogP contribution in [0.1, 0.15) is 27.8 Å². The lowest BCUT2D eigenvalue weighted by Crippen LogP contribution is -2.27. The van der Waals surface area contributed by atoms with E-state index < -0.39 is 0 Å². The molecule has 0 aromatic heterocycles. The van der Waals surface area contributed by atoms with E-state index >= 15 is 0 Å². The number of aryl methyl sites for hydroxylation is 4. The standard InChI is InChI=1S/C29H28N2O4S2/c1-17-6-9-22(12-19(17)3)30-27(32)16-35-24-11-8-21(14-25(24)34-5)15-26-28(33)31(29(36)37-26)23-10-7-18(2)20(4)13-23/h6-15H,16H2,1-5H3,(H,30,32)/b26-15+. The number of anilines is 2. The number of thioether (sulfide) groups is 1. The molecule has 0 radical (unpaired) electrons. The number of methoxy groups -OCH3 is 1. The molecule has 3 aromatic carbocycles. The number of nitrogens with one attached hydrogen (secondary N) is 1. The summed E-state index contributed by atoms with van der Waals surface area (Å²) in [5, 5.41) is 2.84. The first kappa shape index (κ1) is 26.4. The predicted molar refractivity (Wildman–Crippen MR) is 155 cm³/mol. The summed E-state index contributed by atoms with van der Waals surface area (Å²) in [6.45, 7) is 7.88. The Morgan fingerprint density at radius 2 is 1.65 bits per heavy atom. The molecule has 1 N–H and O–H groups in total. The maximum absolute atomic E-state index is 13.2. The lowest BCUT2D eigenvalue weighted by Gasteiger charge is -2.16. The van der Waals surface area contributed by atoms with Crippen molar-refractivity contribution in [2.75, 3.05) is 23.9 Å². The second kappa shape index (κ2) is 11.2. The highest BCUT2D eigenvalue weighted by molar-refractivity contribution is 8.27. The van der Waals surface area contributed by atoms with Crippen molar-refractivity contribution in [1.29, 1.82) is 0 Å². The third kappa shape index (κ3) is 6.03. The topological polar surface area (TPSA) is 67.9 Å². The molecule has 37 heavy (non-hydrogen) atoms. The van der Waals surface area contributed by atoms with E-state index in [4.69, 9.17) is 21.7 Å². The third-order valence-corrected chi connectivity index (χ3v) is 7.48. The Hall–Kier alpha value is -3.62. The van der Waals surface area contributed by atoms with Gasteiger partial charge in [-0.15, -0.1) is 0 Å². The molecular weight excluding hydrogens is 504 g/mol. The van der Waals surface area contributed by atoms with E-state index in [1.807, 2.05) is 70.2 Å². The molecule has 2 amide bonds. The van der Waals surface area contributed by atoms with E-state index in [0.29, 0.717) is 20.7 Å². The van der Waals surface area contributed by atoms with Gasteiger partial charge in [0.05, 0.1) is 17.7 Å². The van der Waals surface area contributed by atoms with Crippen LogP contribution in [0, 0.1) is 27.7 Å². The van der Waals surface area contributed by atoms with Crippen LogP contribution in [0.25, 0.3) is 6.08 Å². The Balaban J connectivity index is 1.45. The Morgan fingerprint density at radius 1 is 0.946 bits per heavy atom. The van der Waals surface area contributed by atoms with Gasteiger partial charge in [-0.05, 0) is 98.0 Å². The zero-order valence-electron chi connectivity index (χ0n) is 21.4. The highest BCUT2D eigenvalue weighted by Gasteiger charge is 2.33. The molecule has 0 saturated carbocycles. The molecule has 1 saturated heterocycles. The van der Waals surface area contributed by atoms with Crippen LogP contribution < -0.4 is 19.7 Å². The number of ether oxygens (including phenoxy) is 2. The number of carbonyl (C=O) groups excluding carboxylic acids is 2. The van der Waals surface area contributed by atoms with Crippen molar-refractivity contribution in [3.63, 3.8) is 0 Å². The number of hydrogen-bond donors (Lipinski definition) is 1. The van der Waals surface area contributed by atoms with Gasteiger partial charge in [0, 0.05) is 5.69 Å². The summed E-state index contributed by atoms with van der Waals surface area (Å²) >= 11 is 6.76. The first-order chi connectivity index (χ1) is 17.7. The summed E-state index contributed by atoms with van der Waals surface area (Å²) in [5.41, 5.74) is 6.74. The second-order valence-corrected chi connectivity index (χ2v) is 10.5. The van der Waals surface area contributed by atoms with E-state index in [2.05, 4.69) is 5.32 Å². The van der Waals surface area contributed by atoms with Crippen molar-refractivity contribution in [1.82, 2.24) is 0 Å². The van der Waals surface area contributed by atoms with Gasteiger partial charge in [-0.3, -0.25) is 14.5 Å². The fourth-order valence-electron chi connectivity index (χ4n) is 3.76. The summed E-state index contributed by atoms with van der Waals surface area (Å²) in [5.74, 6) is 0.444. The van der Waals surface area contributed by atoms with E-state index in [1.54, 1.807) is 23.1 Å². The van der Waals surface area contributed by atoms with Gasteiger partial charge in [0.15, 0.2) is 22.4 Å². The second-order valence-electron chi connectivity index (χ2n) is 8.83. The number of hydrogen-bond acceptors (Lipinski definition) is 6. The third-order valence-electron chi connectivity index (χ3n) is 6.18. The quantitative estimate of drug-likeness (QED) is 0.282. The van der Waals surface area contributed by atoms with Gasteiger partial charge in [-0.1, -0.05) is 42.2 Å². The van der Waals surface area contributed by atoms with Crippen molar-refractivity contribution in [3.05, 3.63) is 87.3 Å². The zero-order valence-corrected chi connectivity index (χ0v) is 23.0. The highest BCUT2D eigenvalue weighted by atomic mass is 32.2. The van der Waals surface area contributed by atoms with Gasteiger partial charge in [-0.2, -0.15) is 0 Å².